The Labute approximate surface area is 218 Å². The fourth-order valence-electron chi connectivity index (χ4n) is 5.00. The van der Waals surface area contributed by atoms with E-state index in [4.69, 9.17) is 17.0 Å². The van der Waals surface area contributed by atoms with E-state index in [1.54, 1.807) is 35.4 Å². The standard InChI is InChI=1S/C27H24FN5O3S/c1-16-14-19(17(2)31(16)23-12-11-18(33(34)35)15-24(23)36-3)26-25(21-9-6-7-13-29-21)30-27(37)32(26)22-10-5-4-8-20(22)28/h4-15,25-26H,1-3H3,(H,30,37)/t25-,26-/m1/s1. The minimum Gasteiger partial charge on any atom is -0.494 e. The van der Waals surface area contributed by atoms with Gasteiger partial charge < -0.3 is 19.5 Å². The highest BCUT2D eigenvalue weighted by Gasteiger charge is 2.43. The number of nitro benzene ring substituents is 1. The maximum absolute atomic E-state index is 15.1. The SMILES string of the molecule is COc1cc([N+](=O)[O-])ccc1-n1c(C)cc([C@@H]2[C@@H](c3ccccn3)NC(=S)N2c2ccccc2F)c1C. The van der Waals surface area contributed by atoms with Crippen molar-refractivity contribution >= 4 is 28.7 Å². The molecule has 10 heteroatoms. The lowest BCUT2D eigenvalue weighted by Gasteiger charge is -2.28. The van der Waals surface area contributed by atoms with E-state index >= 15 is 4.39 Å². The number of para-hydroxylation sites is 1. The maximum Gasteiger partial charge on any atom is 0.273 e. The second-order valence-corrected chi connectivity index (χ2v) is 9.11. The molecule has 188 valence electrons. The number of nitrogens with zero attached hydrogens (tertiary/aromatic N) is 4. The molecule has 37 heavy (non-hydrogen) atoms. The Kier molecular flexibility index (Phi) is 6.34. The lowest BCUT2D eigenvalue weighted by atomic mass is 9.96. The summed E-state index contributed by atoms with van der Waals surface area (Å²) in [6.07, 6.45) is 1.72. The van der Waals surface area contributed by atoms with E-state index < -0.39 is 11.0 Å². The lowest BCUT2D eigenvalue weighted by molar-refractivity contribution is -0.384. The molecular weight excluding hydrogens is 493 g/mol. The van der Waals surface area contributed by atoms with Crippen LogP contribution in [0.1, 0.15) is 34.7 Å². The summed E-state index contributed by atoms with van der Waals surface area (Å²) < 4.78 is 22.6. The van der Waals surface area contributed by atoms with Crippen LogP contribution in [0.2, 0.25) is 0 Å². The Balaban J connectivity index is 1.70. The first-order valence-corrected chi connectivity index (χ1v) is 12.0. The number of hydrogen-bond donors (Lipinski definition) is 1. The zero-order valence-corrected chi connectivity index (χ0v) is 21.2. The van der Waals surface area contributed by atoms with Crippen LogP contribution in [0, 0.1) is 29.8 Å². The quantitative estimate of drug-likeness (QED) is 0.199. The predicted molar refractivity (Wildman–Crippen MR) is 143 cm³/mol. The molecule has 3 heterocycles. The average Bonchev–Trinajstić information content (AvgIpc) is 3.39. The molecule has 2 aromatic carbocycles. The number of non-ortho nitro benzene ring substituents is 1. The maximum atomic E-state index is 15.1. The van der Waals surface area contributed by atoms with Crippen molar-refractivity contribution in [1.82, 2.24) is 14.9 Å². The number of benzene rings is 2. The highest BCUT2D eigenvalue weighted by Crippen LogP contribution is 2.45. The number of thiocarbonyl (C=S) groups is 1. The second kappa shape index (κ2) is 9.62. The van der Waals surface area contributed by atoms with Gasteiger partial charge in [-0.1, -0.05) is 18.2 Å². The van der Waals surface area contributed by atoms with Crippen LogP contribution < -0.4 is 15.0 Å². The second-order valence-electron chi connectivity index (χ2n) is 8.72. The number of nitro groups is 1. The molecule has 1 aliphatic heterocycles. The van der Waals surface area contributed by atoms with Crippen LogP contribution in [0.25, 0.3) is 5.69 Å². The first kappa shape index (κ1) is 24.4. The number of halogens is 1. The molecule has 0 aliphatic carbocycles. The molecular formula is C27H24FN5O3S. The molecule has 2 atom stereocenters. The van der Waals surface area contributed by atoms with Crippen molar-refractivity contribution in [1.29, 1.82) is 0 Å². The van der Waals surface area contributed by atoms with E-state index in [1.165, 1.54) is 25.3 Å². The predicted octanol–water partition coefficient (Wildman–Crippen LogP) is 5.72. The van der Waals surface area contributed by atoms with Crippen LogP contribution in [0.3, 0.4) is 0 Å². The van der Waals surface area contributed by atoms with Gasteiger partial charge >= 0.3 is 0 Å². The molecule has 0 radical (unpaired) electrons. The largest absolute Gasteiger partial charge is 0.494 e. The number of anilines is 1. The van der Waals surface area contributed by atoms with Crippen LogP contribution in [-0.2, 0) is 0 Å². The Morgan fingerprint density at radius 2 is 1.84 bits per heavy atom. The first-order valence-electron chi connectivity index (χ1n) is 11.6. The topological polar surface area (TPSA) is 85.5 Å². The van der Waals surface area contributed by atoms with E-state index in [0.717, 1.165) is 22.6 Å². The minimum absolute atomic E-state index is 0.0606. The van der Waals surface area contributed by atoms with E-state index in [0.29, 0.717) is 22.2 Å². The Hall–Kier alpha value is -4.31. The van der Waals surface area contributed by atoms with Crippen LogP contribution >= 0.6 is 12.2 Å². The number of aryl methyl sites for hydroxylation is 1. The van der Waals surface area contributed by atoms with Gasteiger partial charge in [-0.05, 0) is 68.0 Å². The van der Waals surface area contributed by atoms with Gasteiger partial charge in [0.25, 0.3) is 5.69 Å². The van der Waals surface area contributed by atoms with Crippen molar-refractivity contribution in [2.75, 3.05) is 12.0 Å². The zero-order chi connectivity index (χ0) is 26.3. The summed E-state index contributed by atoms with van der Waals surface area (Å²) in [5, 5.41) is 15.1. The minimum atomic E-state index is -0.456. The van der Waals surface area contributed by atoms with E-state index in [1.807, 2.05) is 42.7 Å². The van der Waals surface area contributed by atoms with Crippen molar-refractivity contribution in [2.24, 2.45) is 0 Å². The molecule has 0 saturated carbocycles. The highest BCUT2D eigenvalue weighted by molar-refractivity contribution is 7.80. The summed E-state index contributed by atoms with van der Waals surface area (Å²) >= 11 is 5.72. The van der Waals surface area contributed by atoms with Crippen LogP contribution in [0.5, 0.6) is 5.75 Å². The number of methoxy groups -OCH3 is 1. The molecule has 0 spiro atoms. The number of pyridine rings is 1. The summed E-state index contributed by atoms with van der Waals surface area (Å²) in [6.45, 7) is 3.90. The van der Waals surface area contributed by atoms with Gasteiger partial charge in [0.05, 0.1) is 47.3 Å². The van der Waals surface area contributed by atoms with Gasteiger partial charge in [0.2, 0.25) is 0 Å². The molecule has 1 aliphatic rings. The molecule has 1 saturated heterocycles. The van der Waals surface area contributed by atoms with Gasteiger partial charge in [-0.15, -0.1) is 0 Å². The van der Waals surface area contributed by atoms with Crippen LogP contribution in [0.4, 0.5) is 15.8 Å². The summed E-state index contributed by atoms with van der Waals surface area (Å²) in [5.74, 6) is -0.0148. The van der Waals surface area contributed by atoms with Gasteiger partial charge in [-0.2, -0.15) is 0 Å². The monoisotopic (exact) mass is 517 g/mol. The number of ether oxygens (including phenoxy) is 1. The molecule has 0 bridgehead atoms. The van der Waals surface area contributed by atoms with Crippen LogP contribution in [0.15, 0.2) is 72.9 Å². The smallest absolute Gasteiger partial charge is 0.273 e. The summed E-state index contributed by atoms with van der Waals surface area (Å²) in [7, 11) is 1.48. The molecule has 1 fully saturated rings. The first-order chi connectivity index (χ1) is 17.8. The van der Waals surface area contributed by atoms with Gasteiger partial charge in [0.1, 0.15) is 11.6 Å². The van der Waals surface area contributed by atoms with Crippen molar-refractivity contribution in [3.05, 3.63) is 112 Å². The molecule has 8 nitrogen and oxygen atoms in total. The van der Waals surface area contributed by atoms with Crippen LogP contribution in [-0.4, -0.2) is 26.7 Å². The van der Waals surface area contributed by atoms with Crippen molar-refractivity contribution < 1.29 is 14.1 Å². The fraction of sp³-hybridized carbons (Fsp3) is 0.185. The van der Waals surface area contributed by atoms with Crippen molar-refractivity contribution in [3.8, 4) is 11.4 Å². The molecule has 1 N–H and O–H groups in total. The Morgan fingerprint density at radius 1 is 1.08 bits per heavy atom. The summed E-state index contributed by atoms with van der Waals surface area (Å²) in [4.78, 5) is 17.2. The third kappa shape index (κ3) is 4.19. The summed E-state index contributed by atoms with van der Waals surface area (Å²) in [5.41, 5.74) is 4.38. The van der Waals surface area contributed by atoms with Gasteiger partial charge in [-0.3, -0.25) is 15.1 Å². The van der Waals surface area contributed by atoms with Gasteiger partial charge in [0.15, 0.2) is 5.11 Å². The van der Waals surface area contributed by atoms with Gasteiger partial charge in [-0.25, -0.2) is 4.39 Å². The fourth-order valence-corrected chi connectivity index (χ4v) is 5.34. The molecule has 5 rings (SSSR count). The normalized spacial score (nSPS) is 17.1. The molecule has 0 amide bonds. The average molecular weight is 518 g/mol. The van der Waals surface area contributed by atoms with Gasteiger partial charge in [0, 0.05) is 23.7 Å². The zero-order valence-electron chi connectivity index (χ0n) is 20.4. The Morgan fingerprint density at radius 3 is 2.51 bits per heavy atom. The number of rotatable bonds is 6. The third-order valence-electron chi connectivity index (χ3n) is 6.61. The Bertz CT molecular complexity index is 1510. The highest BCUT2D eigenvalue weighted by atomic mass is 32.1. The van der Waals surface area contributed by atoms with E-state index in [-0.39, 0.29) is 17.5 Å². The lowest BCUT2D eigenvalue weighted by Crippen LogP contribution is -2.30. The number of nitrogens with one attached hydrogen (secondary N) is 1. The molecule has 2 aromatic heterocycles. The van der Waals surface area contributed by atoms with E-state index in [2.05, 4.69) is 10.3 Å². The van der Waals surface area contributed by atoms with Crippen molar-refractivity contribution in [2.45, 2.75) is 25.9 Å². The summed E-state index contributed by atoms with van der Waals surface area (Å²) in [6, 6.07) is 18.0. The number of hydrogen-bond acceptors (Lipinski definition) is 5. The van der Waals surface area contributed by atoms with E-state index in [9.17, 15) is 10.1 Å². The molecule has 0 unspecified atom stereocenters. The number of aromatic nitrogens is 2. The van der Waals surface area contributed by atoms with Crippen molar-refractivity contribution in [3.63, 3.8) is 0 Å². The third-order valence-corrected chi connectivity index (χ3v) is 6.93. The molecule has 4 aromatic rings.